The molecule has 0 radical (unpaired) electrons. The predicted octanol–water partition coefficient (Wildman–Crippen LogP) is 2.01. The summed E-state index contributed by atoms with van der Waals surface area (Å²) in [6.07, 6.45) is 4.79. The summed E-state index contributed by atoms with van der Waals surface area (Å²) < 4.78 is 9.99. The summed E-state index contributed by atoms with van der Waals surface area (Å²) in [7, 11) is 0. The Morgan fingerprint density at radius 3 is 2.83 bits per heavy atom. The lowest BCUT2D eigenvalue weighted by Crippen LogP contribution is -2.03. The van der Waals surface area contributed by atoms with E-state index in [2.05, 4.69) is 10.3 Å². The molecule has 0 saturated carbocycles. The van der Waals surface area contributed by atoms with Gasteiger partial charge in [0.25, 0.3) is 0 Å². The quantitative estimate of drug-likeness (QED) is 0.592. The van der Waals surface area contributed by atoms with Gasteiger partial charge >= 0.3 is 5.97 Å². The number of hydrogen-bond donors (Lipinski definition) is 1. The van der Waals surface area contributed by atoms with E-state index < -0.39 is 0 Å². The van der Waals surface area contributed by atoms with Crippen molar-refractivity contribution in [1.82, 2.24) is 4.98 Å². The van der Waals surface area contributed by atoms with Crippen LogP contribution in [0.1, 0.15) is 13.8 Å². The Morgan fingerprint density at radius 2 is 2.22 bits per heavy atom. The van der Waals surface area contributed by atoms with Crippen molar-refractivity contribution in [2.45, 2.75) is 13.8 Å². The van der Waals surface area contributed by atoms with E-state index in [1.165, 1.54) is 6.08 Å². The van der Waals surface area contributed by atoms with Crippen molar-refractivity contribution >= 4 is 11.7 Å². The molecule has 5 nitrogen and oxygen atoms in total. The second-order valence-corrected chi connectivity index (χ2v) is 3.35. The van der Waals surface area contributed by atoms with Crippen molar-refractivity contribution in [3.8, 4) is 5.88 Å². The third-order valence-electron chi connectivity index (χ3n) is 1.99. The molecule has 0 unspecified atom stereocenters. The van der Waals surface area contributed by atoms with Gasteiger partial charge in [0.1, 0.15) is 0 Å². The van der Waals surface area contributed by atoms with Crippen LogP contribution in [-0.4, -0.2) is 30.7 Å². The molecule has 1 aromatic heterocycles. The van der Waals surface area contributed by atoms with Crippen molar-refractivity contribution in [3.63, 3.8) is 0 Å². The van der Waals surface area contributed by atoms with Gasteiger partial charge in [-0.15, -0.1) is 0 Å². The van der Waals surface area contributed by atoms with Crippen LogP contribution >= 0.6 is 0 Å². The Morgan fingerprint density at radius 1 is 1.39 bits per heavy atom. The summed E-state index contributed by atoms with van der Waals surface area (Å²) in [5, 5.41) is 3.10. The maximum atomic E-state index is 11.0. The number of pyridine rings is 1. The summed E-state index contributed by atoms with van der Waals surface area (Å²) in [5.41, 5.74) is 0.868. The van der Waals surface area contributed by atoms with Gasteiger partial charge in [0.2, 0.25) is 5.88 Å². The summed E-state index contributed by atoms with van der Waals surface area (Å²) in [6, 6.07) is 3.66. The molecule has 18 heavy (non-hydrogen) atoms. The molecule has 0 spiro atoms. The summed E-state index contributed by atoms with van der Waals surface area (Å²) in [4.78, 5) is 15.1. The van der Waals surface area contributed by atoms with Crippen LogP contribution in [0.5, 0.6) is 5.88 Å². The fourth-order valence-electron chi connectivity index (χ4n) is 1.24. The Kier molecular flexibility index (Phi) is 6.32. The van der Waals surface area contributed by atoms with Gasteiger partial charge in [0.15, 0.2) is 0 Å². The molecular formula is C13H18N2O3. The maximum Gasteiger partial charge on any atom is 0.330 e. The topological polar surface area (TPSA) is 60.5 Å². The monoisotopic (exact) mass is 250 g/mol. The molecule has 1 rings (SSSR count). The molecule has 98 valence electrons. The first-order chi connectivity index (χ1) is 8.76. The van der Waals surface area contributed by atoms with Crippen molar-refractivity contribution in [2.75, 3.05) is 25.1 Å². The number of nitrogens with zero attached hydrogens (tertiary/aromatic N) is 1. The van der Waals surface area contributed by atoms with Crippen LogP contribution < -0.4 is 10.1 Å². The predicted molar refractivity (Wildman–Crippen MR) is 69.7 cm³/mol. The number of anilines is 1. The number of carbonyl (C=O) groups excluding carboxylic acids is 1. The van der Waals surface area contributed by atoms with Gasteiger partial charge in [-0.05, 0) is 19.9 Å². The lowest BCUT2D eigenvalue weighted by Gasteiger charge is -2.04. The first-order valence-corrected chi connectivity index (χ1v) is 5.92. The Balaban J connectivity index is 2.33. The first-order valence-electron chi connectivity index (χ1n) is 5.92. The standard InChI is InChI=1S/C13H18N2O3/c1-3-17-12-8-7-11(10-15-12)14-9-5-6-13(16)18-4-2/h5-8,10,14H,3-4,9H2,1-2H3/b6-5+. The number of aromatic nitrogens is 1. The molecule has 0 aliphatic carbocycles. The van der Waals surface area contributed by atoms with E-state index in [1.807, 2.05) is 13.0 Å². The second kappa shape index (κ2) is 8.11. The zero-order chi connectivity index (χ0) is 13.2. The highest BCUT2D eigenvalue weighted by Crippen LogP contribution is 2.10. The lowest BCUT2D eigenvalue weighted by molar-refractivity contribution is -0.137. The molecule has 0 aliphatic heterocycles. The minimum atomic E-state index is -0.330. The fourth-order valence-corrected chi connectivity index (χ4v) is 1.24. The van der Waals surface area contributed by atoms with Gasteiger partial charge in [0, 0.05) is 18.7 Å². The number of carbonyl (C=O) groups is 1. The zero-order valence-corrected chi connectivity index (χ0v) is 10.7. The fraction of sp³-hybridized carbons (Fsp3) is 0.385. The molecular weight excluding hydrogens is 232 g/mol. The van der Waals surface area contributed by atoms with Gasteiger partial charge in [0.05, 0.1) is 25.1 Å². The summed E-state index contributed by atoms with van der Waals surface area (Å²) in [5.74, 6) is 0.272. The van der Waals surface area contributed by atoms with Crippen LogP contribution in [0.2, 0.25) is 0 Å². The van der Waals surface area contributed by atoms with Crippen molar-refractivity contribution in [3.05, 3.63) is 30.5 Å². The minimum Gasteiger partial charge on any atom is -0.478 e. The van der Waals surface area contributed by atoms with E-state index in [0.29, 0.717) is 25.6 Å². The van der Waals surface area contributed by atoms with E-state index >= 15 is 0 Å². The van der Waals surface area contributed by atoms with E-state index in [0.717, 1.165) is 5.69 Å². The average molecular weight is 250 g/mol. The molecule has 0 aromatic carbocycles. The first kappa shape index (κ1) is 14.0. The van der Waals surface area contributed by atoms with Crippen molar-refractivity contribution in [1.29, 1.82) is 0 Å². The number of ether oxygens (including phenoxy) is 2. The van der Waals surface area contributed by atoms with Gasteiger partial charge in [-0.2, -0.15) is 0 Å². The zero-order valence-electron chi connectivity index (χ0n) is 10.7. The van der Waals surface area contributed by atoms with Crippen LogP contribution in [-0.2, 0) is 9.53 Å². The molecule has 0 fully saturated rings. The van der Waals surface area contributed by atoms with Gasteiger partial charge < -0.3 is 14.8 Å². The molecule has 1 aromatic rings. The molecule has 1 heterocycles. The van der Waals surface area contributed by atoms with E-state index in [4.69, 9.17) is 9.47 Å². The van der Waals surface area contributed by atoms with Gasteiger partial charge in [-0.3, -0.25) is 0 Å². The van der Waals surface area contributed by atoms with E-state index in [9.17, 15) is 4.79 Å². The smallest absolute Gasteiger partial charge is 0.330 e. The van der Waals surface area contributed by atoms with Crippen LogP contribution in [0.25, 0.3) is 0 Å². The maximum absolute atomic E-state index is 11.0. The molecule has 0 saturated heterocycles. The van der Waals surface area contributed by atoms with Crippen LogP contribution in [0.15, 0.2) is 30.5 Å². The number of rotatable bonds is 7. The van der Waals surface area contributed by atoms with Crippen LogP contribution in [0, 0.1) is 0 Å². The van der Waals surface area contributed by atoms with Crippen LogP contribution in [0.3, 0.4) is 0 Å². The Labute approximate surface area is 107 Å². The molecule has 1 N–H and O–H groups in total. The average Bonchev–Trinajstić information content (AvgIpc) is 2.37. The number of esters is 1. The summed E-state index contributed by atoms with van der Waals surface area (Å²) in [6.45, 7) is 5.21. The number of hydrogen-bond acceptors (Lipinski definition) is 5. The van der Waals surface area contributed by atoms with Crippen molar-refractivity contribution < 1.29 is 14.3 Å². The third-order valence-corrected chi connectivity index (χ3v) is 1.99. The highest BCUT2D eigenvalue weighted by Gasteiger charge is 1.95. The van der Waals surface area contributed by atoms with Crippen molar-refractivity contribution in [2.24, 2.45) is 0 Å². The summed E-state index contributed by atoms with van der Waals surface area (Å²) >= 11 is 0. The molecule has 0 atom stereocenters. The van der Waals surface area contributed by atoms with Gasteiger partial charge in [-0.25, -0.2) is 9.78 Å². The molecule has 0 amide bonds. The second-order valence-electron chi connectivity index (χ2n) is 3.35. The van der Waals surface area contributed by atoms with E-state index in [1.54, 1.807) is 25.3 Å². The highest BCUT2D eigenvalue weighted by molar-refractivity contribution is 5.81. The SMILES string of the molecule is CCOC(=O)/C=C/CNc1ccc(OCC)nc1. The Bertz CT molecular complexity index is 388. The third kappa shape index (κ3) is 5.34. The minimum absolute atomic E-state index is 0.330. The lowest BCUT2D eigenvalue weighted by atomic mass is 10.4. The molecule has 5 heteroatoms. The van der Waals surface area contributed by atoms with Gasteiger partial charge in [-0.1, -0.05) is 6.08 Å². The van der Waals surface area contributed by atoms with E-state index in [-0.39, 0.29) is 5.97 Å². The molecule has 0 aliphatic rings. The van der Waals surface area contributed by atoms with Crippen LogP contribution in [0.4, 0.5) is 5.69 Å². The molecule has 0 bridgehead atoms. The normalized spacial score (nSPS) is 10.3. The number of nitrogens with one attached hydrogen (secondary N) is 1. The Hall–Kier alpha value is -2.04. The highest BCUT2D eigenvalue weighted by atomic mass is 16.5. The largest absolute Gasteiger partial charge is 0.478 e.